The second-order valence-electron chi connectivity index (χ2n) is 3.29. The van der Waals surface area contributed by atoms with Crippen LogP contribution >= 0.6 is 11.6 Å². The van der Waals surface area contributed by atoms with Crippen molar-refractivity contribution in [2.45, 2.75) is 43.9 Å². The van der Waals surface area contributed by atoms with Crippen LogP contribution in [-0.4, -0.2) is 5.38 Å². The number of rotatable bonds is 2. The van der Waals surface area contributed by atoms with Gasteiger partial charge in [-0.15, -0.1) is 23.9 Å². The number of hydrogen-bond donors (Lipinski definition) is 0. The smallest absolute Gasteiger partial charge is 0.0518 e. The van der Waals surface area contributed by atoms with Gasteiger partial charge in [0.1, 0.15) is 0 Å². The van der Waals surface area contributed by atoms with Gasteiger partial charge in [-0.3, -0.25) is 0 Å². The first-order valence-electron chi connectivity index (χ1n) is 4.60. The molecule has 0 heterocycles. The van der Waals surface area contributed by atoms with Crippen LogP contribution in [0.4, 0.5) is 0 Å². The summed E-state index contributed by atoms with van der Waals surface area (Å²) in [5.41, 5.74) is 1.46. The maximum Gasteiger partial charge on any atom is 0.0518 e. The Morgan fingerprint density at radius 2 is 2.42 bits per heavy atom. The average molecular weight is 183 g/mol. The van der Waals surface area contributed by atoms with Crippen molar-refractivity contribution in [3.8, 4) is 12.3 Å². The van der Waals surface area contributed by atoms with E-state index in [4.69, 9.17) is 18.0 Å². The zero-order valence-electron chi connectivity index (χ0n) is 7.35. The number of hydrogen-bond acceptors (Lipinski definition) is 0. The van der Waals surface area contributed by atoms with E-state index >= 15 is 0 Å². The maximum absolute atomic E-state index is 6.07. The largest absolute Gasteiger partial charge is 0.120 e. The SMILES string of the molecule is C#CCCC1=CC(Cl)CCCC1. The molecule has 0 nitrogen and oxygen atoms in total. The van der Waals surface area contributed by atoms with E-state index in [1.807, 2.05) is 0 Å². The number of halogens is 1. The molecule has 0 aromatic heterocycles. The van der Waals surface area contributed by atoms with Crippen LogP contribution in [0.1, 0.15) is 38.5 Å². The number of terminal acetylenes is 1. The van der Waals surface area contributed by atoms with Gasteiger partial charge in [0.15, 0.2) is 0 Å². The Morgan fingerprint density at radius 1 is 1.58 bits per heavy atom. The van der Waals surface area contributed by atoms with Gasteiger partial charge >= 0.3 is 0 Å². The molecule has 0 saturated heterocycles. The molecule has 1 rings (SSSR count). The molecule has 0 aromatic carbocycles. The Kier molecular flexibility index (Phi) is 4.25. The quantitative estimate of drug-likeness (QED) is 0.348. The predicted molar refractivity (Wildman–Crippen MR) is 54.3 cm³/mol. The highest BCUT2D eigenvalue weighted by molar-refractivity contribution is 6.21. The highest BCUT2D eigenvalue weighted by atomic mass is 35.5. The lowest BCUT2D eigenvalue weighted by molar-refractivity contribution is 0.706. The van der Waals surface area contributed by atoms with Crippen molar-refractivity contribution in [1.29, 1.82) is 0 Å². The lowest BCUT2D eigenvalue weighted by atomic mass is 10.1. The standard InChI is InChI=1S/C11H15Cl/c1-2-3-6-10-7-4-5-8-11(12)9-10/h1,9,11H,3-8H2. The van der Waals surface area contributed by atoms with Gasteiger partial charge in [0.05, 0.1) is 5.38 Å². The van der Waals surface area contributed by atoms with Gasteiger partial charge in [-0.25, -0.2) is 0 Å². The van der Waals surface area contributed by atoms with E-state index in [1.54, 1.807) is 0 Å². The molecule has 1 atom stereocenters. The summed E-state index contributed by atoms with van der Waals surface area (Å²) in [6.45, 7) is 0. The zero-order chi connectivity index (χ0) is 8.81. The third-order valence-electron chi connectivity index (χ3n) is 2.23. The van der Waals surface area contributed by atoms with Crippen molar-refractivity contribution < 1.29 is 0 Å². The second kappa shape index (κ2) is 5.27. The molecule has 0 radical (unpaired) electrons. The van der Waals surface area contributed by atoms with E-state index in [1.165, 1.54) is 24.8 Å². The molecule has 1 heteroatoms. The fourth-order valence-corrected chi connectivity index (χ4v) is 1.89. The molecular formula is C11H15Cl. The molecular weight excluding hydrogens is 168 g/mol. The van der Waals surface area contributed by atoms with E-state index in [0.717, 1.165) is 19.3 Å². The summed E-state index contributed by atoms with van der Waals surface area (Å²) in [7, 11) is 0. The van der Waals surface area contributed by atoms with Crippen molar-refractivity contribution in [3.05, 3.63) is 11.6 Å². The lowest BCUT2D eigenvalue weighted by Crippen LogP contribution is -1.91. The maximum atomic E-state index is 6.07. The lowest BCUT2D eigenvalue weighted by Gasteiger charge is -2.02. The summed E-state index contributed by atoms with van der Waals surface area (Å²) >= 11 is 6.07. The third-order valence-corrected chi connectivity index (χ3v) is 2.58. The molecule has 0 aromatic rings. The molecule has 0 amide bonds. The summed E-state index contributed by atoms with van der Waals surface area (Å²) in [4.78, 5) is 0. The van der Waals surface area contributed by atoms with Gasteiger partial charge in [0.25, 0.3) is 0 Å². The fourth-order valence-electron chi connectivity index (χ4n) is 1.55. The summed E-state index contributed by atoms with van der Waals surface area (Å²) in [6.07, 6.45) is 14.2. The van der Waals surface area contributed by atoms with Crippen molar-refractivity contribution in [2.75, 3.05) is 0 Å². The van der Waals surface area contributed by atoms with E-state index < -0.39 is 0 Å². The summed E-state index contributed by atoms with van der Waals surface area (Å²) in [6, 6.07) is 0. The molecule has 0 aliphatic heterocycles. The molecule has 1 aliphatic rings. The van der Waals surface area contributed by atoms with Crippen LogP contribution in [0, 0.1) is 12.3 Å². The highest BCUT2D eigenvalue weighted by Crippen LogP contribution is 2.23. The van der Waals surface area contributed by atoms with E-state index in [9.17, 15) is 0 Å². The minimum Gasteiger partial charge on any atom is -0.120 e. The van der Waals surface area contributed by atoms with Crippen molar-refractivity contribution in [1.82, 2.24) is 0 Å². The first-order chi connectivity index (χ1) is 5.83. The van der Waals surface area contributed by atoms with Crippen molar-refractivity contribution >= 4 is 11.6 Å². The molecule has 0 spiro atoms. The second-order valence-corrected chi connectivity index (χ2v) is 3.85. The Balaban J connectivity index is 2.43. The Bertz CT molecular complexity index is 198. The van der Waals surface area contributed by atoms with Crippen LogP contribution in [0.2, 0.25) is 0 Å². The van der Waals surface area contributed by atoms with Crippen LogP contribution in [0.25, 0.3) is 0 Å². The van der Waals surface area contributed by atoms with Gasteiger partial charge in [0, 0.05) is 6.42 Å². The van der Waals surface area contributed by atoms with Gasteiger partial charge in [-0.05, 0) is 25.7 Å². The van der Waals surface area contributed by atoms with Gasteiger partial charge in [0.2, 0.25) is 0 Å². The highest BCUT2D eigenvalue weighted by Gasteiger charge is 2.08. The molecule has 0 N–H and O–H groups in total. The van der Waals surface area contributed by atoms with Crippen molar-refractivity contribution in [3.63, 3.8) is 0 Å². The molecule has 66 valence electrons. The van der Waals surface area contributed by atoms with Gasteiger partial charge in [-0.1, -0.05) is 18.1 Å². The van der Waals surface area contributed by atoms with Gasteiger partial charge < -0.3 is 0 Å². The summed E-state index contributed by atoms with van der Waals surface area (Å²) in [5, 5.41) is 0.250. The van der Waals surface area contributed by atoms with E-state index in [-0.39, 0.29) is 5.38 Å². The normalized spacial score (nSPS) is 24.0. The molecule has 1 aliphatic carbocycles. The summed E-state index contributed by atoms with van der Waals surface area (Å²) < 4.78 is 0. The zero-order valence-corrected chi connectivity index (χ0v) is 8.11. The van der Waals surface area contributed by atoms with Gasteiger partial charge in [-0.2, -0.15) is 0 Å². The van der Waals surface area contributed by atoms with E-state index in [0.29, 0.717) is 0 Å². The van der Waals surface area contributed by atoms with Crippen LogP contribution in [0.15, 0.2) is 11.6 Å². The van der Waals surface area contributed by atoms with Crippen LogP contribution in [0.5, 0.6) is 0 Å². The van der Waals surface area contributed by atoms with Crippen LogP contribution in [0.3, 0.4) is 0 Å². The fraction of sp³-hybridized carbons (Fsp3) is 0.636. The predicted octanol–water partition coefficient (Wildman–Crippen LogP) is 3.51. The van der Waals surface area contributed by atoms with E-state index in [2.05, 4.69) is 12.0 Å². The molecule has 0 saturated carbocycles. The van der Waals surface area contributed by atoms with Crippen LogP contribution < -0.4 is 0 Å². The first-order valence-corrected chi connectivity index (χ1v) is 5.03. The summed E-state index contributed by atoms with van der Waals surface area (Å²) in [5.74, 6) is 2.67. The minimum absolute atomic E-state index is 0.250. The Labute approximate surface area is 80.0 Å². The Morgan fingerprint density at radius 3 is 3.17 bits per heavy atom. The number of allylic oxidation sites excluding steroid dienone is 2. The van der Waals surface area contributed by atoms with Crippen LogP contribution in [-0.2, 0) is 0 Å². The topological polar surface area (TPSA) is 0 Å². The first kappa shape index (κ1) is 9.68. The molecule has 0 bridgehead atoms. The number of alkyl halides is 1. The Hall–Kier alpha value is -0.410. The molecule has 1 unspecified atom stereocenters. The minimum atomic E-state index is 0.250. The monoisotopic (exact) mass is 182 g/mol. The molecule has 12 heavy (non-hydrogen) atoms. The average Bonchev–Trinajstić information content (AvgIpc) is 2.26. The molecule has 0 fully saturated rings. The van der Waals surface area contributed by atoms with Crippen molar-refractivity contribution in [2.24, 2.45) is 0 Å². The third kappa shape index (κ3) is 3.32.